The maximum atomic E-state index is 11.9. The molecule has 0 spiro atoms. The molecule has 3 heterocycles. The molecular weight excluding hydrogens is 436 g/mol. The predicted molar refractivity (Wildman–Crippen MR) is 127 cm³/mol. The average Bonchev–Trinajstić information content (AvgIpc) is 3.42. The molecular formula is C23H26N8O3. The van der Waals surface area contributed by atoms with Crippen LogP contribution in [0.4, 0.5) is 0 Å². The Morgan fingerprint density at radius 2 is 2.21 bits per heavy atom. The highest BCUT2D eigenvalue weighted by molar-refractivity contribution is 6.15. The van der Waals surface area contributed by atoms with Crippen LogP contribution < -0.4 is 5.32 Å². The number of aromatic nitrogens is 3. The summed E-state index contributed by atoms with van der Waals surface area (Å²) in [5.41, 5.74) is 12.6. The highest BCUT2D eigenvalue weighted by Gasteiger charge is 2.28. The van der Waals surface area contributed by atoms with E-state index < -0.39 is 0 Å². The van der Waals surface area contributed by atoms with Crippen LogP contribution >= 0.6 is 0 Å². The largest absolute Gasteiger partial charge is 0.508 e. The minimum atomic E-state index is -0.0621. The number of ether oxygens (including phenoxy) is 1. The van der Waals surface area contributed by atoms with Crippen molar-refractivity contribution >= 4 is 22.5 Å². The number of azide groups is 1. The van der Waals surface area contributed by atoms with Crippen LogP contribution in [0, 0.1) is 0 Å². The molecule has 1 amide bonds. The van der Waals surface area contributed by atoms with Crippen molar-refractivity contribution in [2.24, 2.45) is 10.1 Å². The number of carbonyl (C=O) groups is 1. The molecule has 4 rings (SSSR count). The van der Waals surface area contributed by atoms with Gasteiger partial charge in [0.05, 0.1) is 36.4 Å². The molecule has 11 heteroatoms. The van der Waals surface area contributed by atoms with E-state index in [9.17, 15) is 9.90 Å². The topological polar surface area (TPSA) is 161 Å². The Morgan fingerprint density at radius 3 is 3.09 bits per heavy atom. The van der Waals surface area contributed by atoms with E-state index >= 15 is 0 Å². The zero-order valence-electron chi connectivity index (χ0n) is 18.6. The van der Waals surface area contributed by atoms with Gasteiger partial charge in [-0.25, -0.2) is 9.97 Å². The van der Waals surface area contributed by atoms with Gasteiger partial charge >= 0.3 is 0 Å². The number of aromatic hydroxyl groups is 1. The summed E-state index contributed by atoms with van der Waals surface area (Å²) in [7, 11) is 0. The molecule has 0 radical (unpaired) electrons. The SMILES string of the molecule is [N-]=[N+]=NCCOCCC(=O)NCCCCC1N=C(c2cc3cc(O)ccc3[nH]2)c2cncnc21. The maximum Gasteiger partial charge on any atom is 0.222 e. The first-order valence-electron chi connectivity index (χ1n) is 11.2. The number of benzene rings is 1. The number of hydrogen-bond acceptors (Lipinski definition) is 7. The summed E-state index contributed by atoms with van der Waals surface area (Å²) in [6.45, 7) is 1.47. The number of phenolic OH excluding ortho intramolecular Hbond substituents is 1. The van der Waals surface area contributed by atoms with Crippen molar-refractivity contribution in [1.29, 1.82) is 0 Å². The Labute approximate surface area is 195 Å². The number of nitrogens with zero attached hydrogens (tertiary/aromatic N) is 6. The molecule has 11 nitrogen and oxygen atoms in total. The molecule has 1 atom stereocenters. The lowest BCUT2D eigenvalue weighted by Gasteiger charge is -2.09. The number of nitrogens with one attached hydrogen (secondary N) is 2. The summed E-state index contributed by atoms with van der Waals surface area (Å²) in [6, 6.07) is 7.12. The fraction of sp³-hybridized carbons (Fsp3) is 0.391. The Bertz CT molecular complexity index is 1230. The molecule has 0 bridgehead atoms. The quantitative estimate of drug-likeness (QED) is 0.162. The van der Waals surface area contributed by atoms with Gasteiger partial charge in [-0.2, -0.15) is 0 Å². The highest BCUT2D eigenvalue weighted by Crippen LogP contribution is 2.34. The normalized spacial score (nSPS) is 14.5. The van der Waals surface area contributed by atoms with Crippen LogP contribution in [0.3, 0.4) is 0 Å². The van der Waals surface area contributed by atoms with E-state index in [1.54, 1.807) is 24.7 Å². The Kier molecular flexibility index (Phi) is 7.69. The smallest absolute Gasteiger partial charge is 0.222 e. The van der Waals surface area contributed by atoms with E-state index in [-0.39, 0.29) is 30.7 Å². The highest BCUT2D eigenvalue weighted by atomic mass is 16.5. The summed E-state index contributed by atoms with van der Waals surface area (Å²) in [4.78, 5) is 31.5. The second-order valence-electron chi connectivity index (χ2n) is 7.93. The number of phenols is 1. The standard InChI is InChI=1S/C23H26N8O3/c24-31-28-8-10-34-9-6-21(33)26-7-2-1-3-19-22-17(13-25-14-27-22)23(30-19)20-12-15-11-16(32)4-5-18(15)29-20/h4-5,11-14,19,29,32H,1-3,6-10H2,(H,26,33). The number of carbonyl (C=O) groups excluding carboxylic acids is 1. The Balaban J connectivity index is 1.27. The maximum absolute atomic E-state index is 11.9. The van der Waals surface area contributed by atoms with Crippen molar-refractivity contribution in [1.82, 2.24) is 20.3 Å². The lowest BCUT2D eigenvalue weighted by molar-refractivity contribution is -0.122. The van der Waals surface area contributed by atoms with Crippen molar-refractivity contribution < 1.29 is 14.6 Å². The third kappa shape index (κ3) is 5.69. The molecule has 2 aromatic heterocycles. The lowest BCUT2D eigenvalue weighted by atomic mass is 10.0. The number of aliphatic imine (C=N–C) groups is 1. The van der Waals surface area contributed by atoms with Crippen molar-refractivity contribution in [3.05, 3.63) is 64.2 Å². The number of H-pyrrole nitrogens is 1. The zero-order chi connectivity index (χ0) is 23.8. The van der Waals surface area contributed by atoms with Gasteiger partial charge in [0, 0.05) is 47.1 Å². The zero-order valence-corrected chi connectivity index (χ0v) is 18.6. The van der Waals surface area contributed by atoms with Gasteiger partial charge in [0.25, 0.3) is 0 Å². The number of unbranched alkanes of at least 4 members (excludes halogenated alkanes) is 1. The van der Waals surface area contributed by atoms with E-state index in [1.165, 1.54) is 0 Å². The van der Waals surface area contributed by atoms with Crippen LogP contribution in [0.15, 0.2) is 46.9 Å². The molecule has 0 saturated carbocycles. The number of aromatic amines is 1. The number of fused-ring (bicyclic) bond motifs is 2. The van der Waals surface area contributed by atoms with Gasteiger partial charge in [0.15, 0.2) is 0 Å². The van der Waals surface area contributed by atoms with Gasteiger partial charge < -0.3 is 20.1 Å². The first-order chi connectivity index (χ1) is 16.7. The van der Waals surface area contributed by atoms with Gasteiger partial charge in [-0.05, 0) is 49.1 Å². The van der Waals surface area contributed by atoms with Crippen molar-refractivity contribution in [2.45, 2.75) is 31.7 Å². The van der Waals surface area contributed by atoms with E-state index in [0.717, 1.165) is 52.8 Å². The van der Waals surface area contributed by atoms with Crippen molar-refractivity contribution in [3.8, 4) is 5.75 Å². The molecule has 3 N–H and O–H groups in total. The molecule has 1 aliphatic heterocycles. The van der Waals surface area contributed by atoms with Crippen LogP contribution in [0.2, 0.25) is 0 Å². The molecule has 1 aliphatic rings. The van der Waals surface area contributed by atoms with Crippen LogP contribution in [0.1, 0.15) is 48.7 Å². The predicted octanol–water partition coefficient (Wildman–Crippen LogP) is 3.56. The minimum absolute atomic E-state index is 0.0620. The number of rotatable bonds is 12. The van der Waals surface area contributed by atoms with Crippen LogP contribution in [0.25, 0.3) is 21.3 Å². The van der Waals surface area contributed by atoms with Crippen molar-refractivity contribution in [3.63, 3.8) is 0 Å². The second-order valence-corrected chi connectivity index (χ2v) is 7.93. The van der Waals surface area contributed by atoms with Gasteiger partial charge in [-0.1, -0.05) is 5.11 Å². The van der Waals surface area contributed by atoms with Crippen LogP contribution in [-0.4, -0.2) is 58.0 Å². The van der Waals surface area contributed by atoms with E-state index in [0.29, 0.717) is 19.8 Å². The monoisotopic (exact) mass is 462 g/mol. The molecule has 34 heavy (non-hydrogen) atoms. The lowest BCUT2D eigenvalue weighted by Crippen LogP contribution is -2.25. The van der Waals surface area contributed by atoms with Crippen LogP contribution in [-0.2, 0) is 9.53 Å². The van der Waals surface area contributed by atoms with Crippen molar-refractivity contribution in [2.75, 3.05) is 26.3 Å². The molecule has 0 fully saturated rings. The molecule has 0 saturated heterocycles. The van der Waals surface area contributed by atoms with E-state index in [1.807, 2.05) is 12.1 Å². The summed E-state index contributed by atoms with van der Waals surface area (Å²) < 4.78 is 5.24. The second kappa shape index (κ2) is 11.3. The molecule has 1 unspecified atom stereocenters. The fourth-order valence-electron chi connectivity index (χ4n) is 3.93. The average molecular weight is 463 g/mol. The van der Waals surface area contributed by atoms with E-state index in [4.69, 9.17) is 15.3 Å². The summed E-state index contributed by atoms with van der Waals surface area (Å²) in [6.07, 6.45) is 6.14. The van der Waals surface area contributed by atoms with Gasteiger partial charge in [0.2, 0.25) is 5.91 Å². The first-order valence-corrected chi connectivity index (χ1v) is 11.2. The third-order valence-electron chi connectivity index (χ3n) is 5.56. The van der Waals surface area contributed by atoms with Crippen LogP contribution in [0.5, 0.6) is 5.75 Å². The van der Waals surface area contributed by atoms with E-state index in [2.05, 4.69) is 30.3 Å². The summed E-state index contributed by atoms with van der Waals surface area (Å²) in [5, 5.41) is 16.9. The Hall–Kier alpha value is -3.95. The summed E-state index contributed by atoms with van der Waals surface area (Å²) in [5.74, 6) is 0.158. The molecule has 176 valence electrons. The number of amides is 1. The minimum Gasteiger partial charge on any atom is -0.508 e. The van der Waals surface area contributed by atoms with Gasteiger partial charge in [0.1, 0.15) is 12.1 Å². The molecule has 3 aromatic rings. The Morgan fingerprint density at radius 1 is 1.29 bits per heavy atom. The van der Waals surface area contributed by atoms with Gasteiger partial charge in [-0.3, -0.25) is 9.79 Å². The number of hydrogen-bond donors (Lipinski definition) is 3. The summed E-state index contributed by atoms with van der Waals surface area (Å²) >= 11 is 0. The molecule has 1 aromatic carbocycles. The third-order valence-corrected chi connectivity index (χ3v) is 5.56. The van der Waals surface area contributed by atoms with Gasteiger partial charge in [-0.15, -0.1) is 0 Å². The fourth-order valence-corrected chi connectivity index (χ4v) is 3.93. The first kappa shape index (κ1) is 23.2. The molecule has 0 aliphatic carbocycles.